The molecule has 0 aliphatic heterocycles. The van der Waals surface area contributed by atoms with Crippen molar-refractivity contribution in [2.24, 2.45) is 0 Å². The zero-order chi connectivity index (χ0) is 15.9. The number of alkyl halides is 3. The Balaban J connectivity index is 2.00. The maximum absolute atomic E-state index is 14.3. The minimum absolute atomic E-state index is 0.0308. The van der Waals surface area contributed by atoms with E-state index in [1.54, 1.807) is 0 Å². The van der Waals surface area contributed by atoms with Crippen molar-refractivity contribution >= 4 is 21.4 Å². The summed E-state index contributed by atoms with van der Waals surface area (Å²) in [6, 6.07) is 9.35. The van der Waals surface area contributed by atoms with Crippen molar-refractivity contribution in [1.29, 1.82) is 0 Å². The lowest BCUT2D eigenvalue weighted by Crippen LogP contribution is -2.05. The maximum Gasteiger partial charge on any atom is 0.416 e. The molecule has 0 fully saturated rings. The molecule has 0 saturated heterocycles. The Bertz CT molecular complexity index is 836. The van der Waals surface area contributed by atoms with E-state index in [0.717, 1.165) is 23.5 Å². The fourth-order valence-electron chi connectivity index (χ4n) is 2.28. The molecular formula is C16H10F4OS. The largest absolute Gasteiger partial charge is 0.506 e. The summed E-state index contributed by atoms with van der Waals surface area (Å²) in [5, 5.41) is 10.0. The normalized spacial score (nSPS) is 12.0. The Morgan fingerprint density at radius 1 is 1.05 bits per heavy atom. The predicted molar refractivity (Wildman–Crippen MR) is 77.7 cm³/mol. The zero-order valence-electron chi connectivity index (χ0n) is 11.1. The third kappa shape index (κ3) is 2.66. The summed E-state index contributed by atoms with van der Waals surface area (Å²) in [5.41, 5.74) is -0.380. The van der Waals surface area contributed by atoms with Crippen molar-refractivity contribution < 1.29 is 22.7 Å². The molecule has 0 bridgehead atoms. The van der Waals surface area contributed by atoms with Crippen LogP contribution < -0.4 is 0 Å². The first-order valence-corrected chi connectivity index (χ1v) is 7.23. The lowest BCUT2D eigenvalue weighted by Gasteiger charge is -2.08. The summed E-state index contributed by atoms with van der Waals surface area (Å²) in [5.74, 6) is -0.523. The molecule has 2 aromatic carbocycles. The van der Waals surface area contributed by atoms with E-state index in [0.29, 0.717) is 15.1 Å². The smallest absolute Gasteiger partial charge is 0.416 e. The highest BCUT2D eigenvalue weighted by atomic mass is 32.1. The molecule has 22 heavy (non-hydrogen) atoms. The van der Waals surface area contributed by atoms with Gasteiger partial charge in [-0.15, -0.1) is 11.3 Å². The second kappa shape index (κ2) is 5.28. The van der Waals surface area contributed by atoms with Gasteiger partial charge in [0.15, 0.2) is 0 Å². The number of phenols is 1. The van der Waals surface area contributed by atoms with Crippen LogP contribution >= 0.6 is 11.3 Å². The van der Waals surface area contributed by atoms with E-state index in [1.807, 2.05) is 0 Å². The lowest BCUT2D eigenvalue weighted by molar-refractivity contribution is -0.137. The summed E-state index contributed by atoms with van der Waals surface area (Å²) in [7, 11) is 0. The monoisotopic (exact) mass is 326 g/mol. The van der Waals surface area contributed by atoms with Crippen molar-refractivity contribution in [2.45, 2.75) is 12.6 Å². The van der Waals surface area contributed by atoms with Crippen LogP contribution in [0.4, 0.5) is 17.6 Å². The van der Waals surface area contributed by atoms with Gasteiger partial charge in [0.25, 0.3) is 0 Å². The Morgan fingerprint density at radius 2 is 1.77 bits per heavy atom. The number of aromatic hydroxyl groups is 1. The molecule has 0 aliphatic carbocycles. The molecule has 0 aliphatic rings. The van der Waals surface area contributed by atoms with Crippen LogP contribution in [0, 0.1) is 5.82 Å². The minimum Gasteiger partial charge on any atom is -0.506 e. The molecule has 114 valence electrons. The van der Waals surface area contributed by atoms with Gasteiger partial charge in [-0.1, -0.05) is 30.3 Å². The first-order chi connectivity index (χ1) is 10.4. The average molecular weight is 326 g/mol. The van der Waals surface area contributed by atoms with Crippen molar-refractivity contribution in [3.8, 4) is 5.75 Å². The molecule has 0 saturated carbocycles. The van der Waals surface area contributed by atoms with Gasteiger partial charge in [-0.05, 0) is 17.7 Å². The third-order valence-electron chi connectivity index (χ3n) is 3.32. The average Bonchev–Trinajstić information content (AvgIpc) is 2.77. The Hall–Kier alpha value is -2.08. The number of benzene rings is 2. The van der Waals surface area contributed by atoms with E-state index >= 15 is 0 Å². The van der Waals surface area contributed by atoms with Gasteiger partial charge in [-0.25, -0.2) is 4.39 Å². The number of halogens is 4. The molecule has 6 heteroatoms. The molecule has 0 unspecified atom stereocenters. The maximum atomic E-state index is 14.3. The molecular weight excluding hydrogens is 316 g/mol. The highest BCUT2D eigenvalue weighted by Gasteiger charge is 2.30. The van der Waals surface area contributed by atoms with Gasteiger partial charge in [0.05, 0.1) is 10.3 Å². The van der Waals surface area contributed by atoms with E-state index in [-0.39, 0.29) is 17.6 Å². The van der Waals surface area contributed by atoms with Crippen LogP contribution in [0.15, 0.2) is 42.5 Å². The van der Waals surface area contributed by atoms with Gasteiger partial charge in [0, 0.05) is 16.7 Å². The summed E-state index contributed by atoms with van der Waals surface area (Å²) < 4.78 is 52.8. The van der Waals surface area contributed by atoms with Crippen LogP contribution in [0.25, 0.3) is 10.1 Å². The van der Waals surface area contributed by atoms with E-state index in [1.165, 1.54) is 30.3 Å². The molecule has 1 aromatic heterocycles. The SMILES string of the molecule is Oc1cccc2c(F)c(Cc3cccc(C(F)(F)F)c3)sc12. The van der Waals surface area contributed by atoms with Crippen molar-refractivity contribution in [2.75, 3.05) is 0 Å². The number of thiophene rings is 1. The second-order valence-electron chi connectivity index (χ2n) is 4.87. The lowest BCUT2D eigenvalue weighted by atomic mass is 10.1. The number of hydrogen-bond acceptors (Lipinski definition) is 2. The highest BCUT2D eigenvalue weighted by molar-refractivity contribution is 7.19. The standard InChI is InChI=1S/C16H10F4OS/c17-14-11-5-2-6-12(21)15(11)22-13(14)8-9-3-1-4-10(7-9)16(18,19)20/h1-7,21H,8H2. The van der Waals surface area contributed by atoms with Gasteiger partial charge in [0.1, 0.15) is 11.6 Å². The quantitative estimate of drug-likeness (QED) is 0.629. The van der Waals surface area contributed by atoms with E-state index in [9.17, 15) is 22.7 Å². The summed E-state index contributed by atoms with van der Waals surface area (Å²) in [4.78, 5) is 0.302. The molecule has 3 aromatic rings. The van der Waals surface area contributed by atoms with E-state index < -0.39 is 17.6 Å². The molecule has 0 atom stereocenters. The van der Waals surface area contributed by atoms with Crippen LogP contribution in [-0.4, -0.2) is 5.11 Å². The van der Waals surface area contributed by atoms with Gasteiger partial charge in [-0.2, -0.15) is 13.2 Å². The zero-order valence-corrected chi connectivity index (χ0v) is 11.9. The molecule has 0 amide bonds. The number of fused-ring (bicyclic) bond motifs is 1. The number of hydrogen-bond donors (Lipinski definition) is 1. The number of phenolic OH excluding ortho intramolecular Hbond substituents is 1. The first-order valence-electron chi connectivity index (χ1n) is 6.41. The molecule has 1 nitrogen and oxygen atoms in total. The van der Waals surface area contributed by atoms with Gasteiger partial charge in [0.2, 0.25) is 0 Å². The second-order valence-corrected chi connectivity index (χ2v) is 5.97. The van der Waals surface area contributed by atoms with Crippen LogP contribution in [0.3, 0.4) is 0 Å². The van der Waals surface area contributed by atoms with Crippen LogP contribution in [0.5, 0.6) is 5.75 Å². The molecule has 0 spiro atoms. The summed E-state index contributed by atoms with van der Waals surface area (Å²) in [6.45, 7) is 0. The van der Waals surface area contributed by atoms with Crippen LogP contribution in [0.2, 0.25) is 0 Å². The van der Waals surface area contributed by atoms with Crippen molar-refractivity contribution in [3.05, 3.63) is 64.3 Å². The van der Waals surface area contributed by atoms with Gasteiger partial charge in [-0.3, -0.25) is 0 Å². The minimum atomic E-state index is -4.42. The Kier molecular flexibility index (Phi) is 3.56. The van der Waals surface area contributed by atoms with E-state index in [2.05, 4.69) is 0 Å². The first kappa shape index (κ1) is 14.8. The topological polar surface area (TPSA) is 20.2 Å². The third-order valence-corrected chi connectivity index (χ3v) is 4.52. The molecule has 1 N–H and O–H groups in total. The Labute approximate surface area is 127 Å². The number of rotatable bonds is 2. The fraction of sp³-hybridized carbons (Fsp3) is 0.125. The van der Waals surface area contributed by atoms with Gasteiger partial charge < -0.3 is 5.11 Å². The van der Waals surface area contributed by atoms with Gasteiger partial charge >= 0.3 is 6.18 Å². The molecule has 1 heterocycles. The van der Waals surface area contributed by atoms with E-state index in [4.69, 9.17) is 0 Å². The Morgan fingerprint density at radius 3 is 2.45 bits per heavy atom. The predicted octanol–water partition coefficient (Wildman–Crippen LogP) is 5.36. The highest BCUT2D eigenvalue weighted by Crippen LogP contribution is 2.37. The molecule has 0 radical (unpaired) electrons. The van der Waals surface area contributed by atoms with Crippen LogP contribution in [-0.2, 0) is 12.6 Å². The summed E-state index contributed by atoms with van der Waals surface area (Å²) in [6.07, 6.45) is -4.37. The summed E-state index contributed by atoms with van der Waals surface area (Å²) >= 11 is 1.05. The fourth-order valence-corrected chi connectivity index (χ4v) is 3.40. The molecule has 3 rings (SSSR count). The van der Waals surface area contributed by atoms with Crippen molar-refractivity contribution in [1.82, 2.24) is 0 Å². The van der Waals surface area contributed by atoms with Crippen LogP contribution in [0.1, 0.15) is 16.0 Å². The van der Waals surface area contributed by atoms with Crippen molar-refractivity contribution in [3.63, 3.8) is 0 Å².